The second-order valence-corrected chi connectivity index (χ2v) is 5.19. The lowest BCUT2D eigenvalue weighted by atomic mass is 10.1. The second-order valence-electron chi connectivity index (χ2n) is 4.34. The molecule has 0 bridgehead atoms. The van der Waals surface area contributed by atoms with E-state index < -0.39 is 0 Å². The first-order valence-electron chi connectivity index (χ1n) is 5.88. The molecule has 1 aliphatic rings. The highest BCUT2D eigenvalue weighted by Gasteiger charge is 2.17. The number of piperazine rings is 1. The monoisotopic (exact) mass is 326 g/mol. The summed E-state index contributed by atoms with van der Waals surface area (Å²) in [5.74, 6) is 4.80. The van der Waals surface area contributed by atoms with E-state index in [2.05, 4.69) is 31.6 Å². The Hall–Kier alpha value is -1.44. The van der Waals surface area contributed by atoms with Crippen molar-refractivity contribution in [2.24, 2.45) is 5.84 Å². The van der Waals surface area contributed by atoms with Crippen molar-refractivity contribution in [1.29, 1.82) is 0 Å². The summed E-state index contributed by atoms with van der Waals surface area (Å²) in [6, 6.07) is 5.30. The number of benzene rings is 1. The Labute approximate surface area is 119 Å². The Kier molecular flexibility index (Phi) is 4.52. The Morgan fingerprint density at radius 1 is 1.53 bits per heavy atom. The van der Waals surface area contributed by atoms with Gasteiger partial charge in [0, 0.05) is 29.7 Å². The molecule has 1 heterocycles. The number of nitrogens with two attached hydrogens (primary N) is 1. The smallest absolute Gasteiger partial charge is 0.265 e. The molecule has 19 heavy (non-hydrogen) atoms. The summed E-state index contributed by atoms with van der Waals surface area (Å²) in [6.07, 6.45) is 0. The van der Waals surface area contributed by atoms with Gasteiger partial charge in [-0.2, -0.15) is 0 Å². The van der Waals surface area contributed by atoms with Gasteiger partial charge in [-0.25, -0.2) is 5.84 Å². The molecule has 6 nitrogen and oxygen atoms in total. The molecule has 2 amide bonds. The van der Waals surface area contributed by atoms with E-state index in [9.17, 15) is 9.59 Å². The number of carbonyl (C=O) groups excluding carboxylic acids is 2. The van der Waals surface area contributed by atoms with Crippen molar-refractivity contribution in [3.63, 3.8) is 0 Å². The number of halogens is 1. The van der Waals surface area contributed by atoms with Crippen LogP contribution in [0.3, 0.4) is 0 Å². The van der Waals surface area contributed by atoms with Crippen molar-refractivity contribution in [3.8, 4) is 0 Å². The minimum Gasteiger partial charge on any atom is -0.354 e. The molecule has 1 aromatic rings. The minimum atomic E-state index is -0.329. The maximum Gasteiger partial charge on any atom is 0.265 e. The number of nitrogen functional groups attached to an aromatic ring is 1. The second kappa shape index (κ2) is 6.14. The van der Waals surface area contributed by atoms with Crippen LogP contribution in [0.15, 0.2) is 22.7 Å². The normalized spacial score (nSPS) is 16.0. The number of amides is 2. The predicted molar refractivity (Wildman–Crippen MR) is 74.1 cm³/mol. The Balaban J connectivity index is 2.08. The summed E-state index contributed by atoms with van der Waals surface area (Å²) < 4.78 is 0.833. The fraction of sp³-hybridized carbons (Fsp3) is 0.333. The third kappa shape index (κ3) is 3.52. The van der Waals surface area contributed by atoms with Gasteiger partial charge >= 0.3 is 0 Å². The molecular weight excluding hydrogens is 312 g/mol. The molecule has 2 rings (SSSR count). The van der Waals surface area contributed by atoms with Gasteiger partial charge in [-0.15, -0.1) is 0 Å². The lowest BCUT2D eigenvalue weighted by Gasteiger charge is -2.26. The van der Waals surface area contributed by atoms with Gasteiger partial charge in [-0.05, 0) is 17.7 Å². The Morgan fingerprint density at radius 2 is 2.32 bits per heavy atom. The van der Waals surface area contributed by atoms with E-state index in [1.807, 2.05) is 6.07 Å². The van der Waals surface area contributed by atoms with Gasteiger partial charge < -0.3 is 5.32 Å². The van der Waals surface area contributed by atoms with Crippen LogP contribution in [0.2, 0.25) is 0 Å². The van der Waals surface area contributed by atoms with Crippen LogP contribution >= 0.6 is 15.9 Å². The molecular formula is C12H15BrN4O2. The van der Waals surface area contributed by atoms with Gasteiger partial charge in [0.25, 0.3) is 5.91 Å². The molecule has 1 aromatic carbocycles. The van der Waals surface area contributed by atoms with Crippen LogP contribution in [0.25, 0.3) is 0 Å². The maximum absolute atomic E-state index is 11.4. The van der Waals surface area contributed by atoms with Gasteiger partial charge in [0.05, 0.1) is 6.54 Å². The van der Waals surface area contributed by atoms with E-state index in [4.69, 9.17) is 5.84 Å². The number of hydrogen-bond acceptors (Lipinski definition) is 4. The predicted octanol–water partition coefficient (Wildman–Crippen LogP) is -0.0156. The molecule has 0 saturated carbocycles. The van der Waals surface area contributed by atoms with Crippen LogP contribution in [0.4, 0.5) is 0 Å². The fourth-order valence-corrected chi connectivity index (χ4v) is 2.47. The van der Waals surface area contributed by atoms with E-state index in [1.165, 1.54) is 0 Å². The summed E-state index contributed by atoms with van der Waals surface area (Å²) in [5, 5.41) is 2.78. The van der Waals surface area contributed by atoms with Crippen molar-refractivity contribution in [2.75, 3.05) is 19.6 Å². The summed E-state index contributed by atoms with van der Waals surface area (Å²) in [5.41, 5.74) is 3.62. The van der Waals surface area contributed by atoms with Crippen molar-refractivity contribution in [2.45, 2.75) is 6.54 Å². The molecule has 0 atom stereocenters. The summed E-state index contributed by atoms with van der Waals surface area (Å²) >= 11 is 3.44. The highest BCUT2D eigenvalue weighted by atomic mass is 79.9. The molecule has 1 saturated heterocycles. The van der Waals surface area contributed by atoms with Gasteiger partial charge in [0.15, 0.2) is 0 Å². The molecule has 1 fully saturated rings. The molecule has 0 spiro atoms. The lowest BCUT2D eigenvalue weighted by molar-refractivity contribution is -0.124. The zero-order valence-electron chi connectivity index (χ0n) is 10.3. The number of nitrogens with zero attached hydrogens (tertiary/aromatic N) is 1. The van der Waals surface area contributed by atoms with Gasteiger partial charge in [-0.3, -0.25) is 19.9 Å². The van der Waals surface area contributed by atoms with Gasteiger partial charge in [-0.1, -0.05) is 22.0 Å². The van der Waals surface area contributed by atoms with Crippen molar-refractivity contribution < 1.29 is 9.59 Å². The Bertz CT molecular complexity index is 507. The highest BCUT2D eigenvalue weighted by Crippen LogP contribution is 2.20. The molecule has 0 radical (unpaired) electrons. The molecule has 1 aliphatic heterocycles. The van der Waals surface area contributed by atoms with E-state index in [0.717, 1.165) is 16.6 Å². The van der Waals surface area contributed by atoms with Gasteiger partial charge in [0.2, 0.25) is 5.91 Å². The molecule has 0 aliphatic carbocycles. The average Bonchev–Trinajstić information content (AvgIpc) is 2.40. The van der Waals surface area contributed by atoms with E-state index in [-0.39, 0.29) is 11.8 Å². The number of hydrogen-bond donors (Lipinski definition) is 3. The average molecular weight is 327 g/mol. The van der Waals surface area contributed by atoms with Crippen LogP contribution in [0.1, 0.15) is 15.9 Å². The third-order valence-corrected chi connectivity index (χ3v) is 3.70. The lowest BCUT2D eigenvalue weighted by Crippen LogP contribution is -2.47. The first kappa shape index (κ1) is 14.0. The summed E-state index contributed by atoms with van der Waals surface area (Å²) in [4.78, 5) is 24.7. The minimum absolute atomic E-state index is 0.0431. The number of rotatable bonds is 3. The largest absolute Gasteiger partial charge is 0.354 e. The number of carbonyl (C=O) groups is 2. The van der Waals surface area contributed by atoms with Crippen LogP contribution in [0, 0.1) is 0 Å². The highest BCUT2D eigenvalue weighted by molar-refractivity contribution is 9.10. The molecule has 0 aromatic heterocycles. The Morgan fingerprint density at radius 3 is 2.95 bits per heavy atom. The molecule has 7 heteroatoms. The quantitative estimate of drug-likeness (QED) is 0.414. The number of hydrazine groups is 1. The molecule has 4 N–H and O–H groups in total. The first-order chi connectivity index (χ1) is 9.10. The summed E-state index contributed by atoms with van der Waals surface area (Å²) in [7, 11) is 0. The van der Waals surface area contributed by atoms with Crippen molar-refractivity contribution >= 4 is 27.7 Å². The van der Waals surface area contributed by atoms with Crippen LogP contribution < -0.4 is 16.6 Å². The van der Waals surface area contributed by atoms with Crippen LogP contribution in [0.5, 0.6) is 0 Å². The van der Waals surface area contributed by atoms with Crippen molar-refractivity contribution in [1.82, 2.24) is 15.6 Å². The zero-order valence-corrected chi connectivity index (χ0v) is 11.9. The fourth-order valence-electron chi connectivity index (χ4n) is 1.97. The standard InChI is InChI=1S/C12H15BrN4O2/c13-10-5-8(12(19)16-14)1-2-9(10)6-17-4-3-15-11(18)7-17/h1-2,5H,3-4,6-7,14H2,(H,15,18)(H,16,19). The first-order valence-corrected chi connectivity index (χ1v) is 6.68. The maximum atomic E-state index is 11.4. The zero-order chi connectivity index (χ0) is 13.8. The SMILES string of the molecule is NNC(=O)c1ccc(CN2CCNC(=O)C2)c(Br)c1. The summed E-state index contributed by atoms with van der Waals surface area (Å²) in [6.45, 7) is 2.56. The third-order valence-electron chi connectivity index (χ3n) is 2.96. The molecule has 102 valence electrons. The van der Waals surface area contributed by atoms with Crippen LogP contribution in [-0.4, -0.2) is 36.3 Å². The van der Waals surface area contributed by atoms with Gasteiger partial charge in [0.1, 0.15) is 0 Å². The number of nitrogens with one attached hydrogen (secondary N) is 2. The van der Waals surface area contributed by atoms with Crippen molar-refractivity contribution in [3.05, 3.63) is 33.8 Å². The van der Waals surface area contributed by atoms with E-state index in [1.54, 1.807) is 12.1 Å². The van der Waals surface area contributed by atoms with E-state index >= 15 is 0 Å². The van der Waals surface area contributed by atoms with E-state index in [0.29, 0.717) is 25.2 Å². The topological polar surface area (TPSA) is 87.5 Å². The molecule has 0 unspecified atom stereocenters. The van der Waals surface area contributed by atoms with Crippen LogP contribution in [-0.2, 0) is 11.3 Å².